The number of cyclic esters (lactones) is 1. The van der Waals surface area contributed by atoms with Crippen molar-refractivity contribution in [1.82, 2.24) is 0 Å². The number of methoxy groups -OCH3 is 1. The van der Waals surface area contributed by atoms with Crippen LogP contribution in [-0.4, -0.2) is 45.4 Å². The summed E-state index contributed by atoms with van der Waals surface area (Å²) >= 11 is 0. The first-order valence-electron chi connectivity index (χ1n) is 11.3. The number of hydrogen-bond donors (Lipinski definition) is 0. The summed E-state index contributed by atoms with van der Waals surface area (Å²) in [7, 11) is 1.56. The lowest BCUT2D eigenvalue weighted by Gasteiger charge is -2.12. The zero-order valence-electron chi connectivity index (χ0n) is 19.7. The Kier molecular flexibility index (Phi) is 8.14. The summed E-state index contributed by atoms with van der Waals surface area (Å²) in [5.41, 5.74) is 2.90. The fourth-order valence-corrected chi connectivity index (χ4v) is 3.33. The van der Waals surface area contributed by atoms with Crippen LogP contribution in [0, 0.1) is 6.92 Å². The van der Waals surface area contributed by atoms with Gasteiger partial charge in [-0.3, -0.25) is 0 Å². The minimum atomic E-state index is -0.494. The summed E-state index contributed by atoms with van der Waals surface area (Å²) in [4.78, 5) is 16.6. The molecular weight excluding hydrogens is 446 g/mol. The second-order valence-electron chi connectivity index (χ2n) is 7.73. The number of carbonyl (C=O) groups is 1. The number of hydrogen-bond acceptors (Lipinski definition) is 7. The van der Waals surface area contributed by atoms with Crippen molar-refractivity contribution in [3.63, 3.8) is 0 Å². The molecule has 0 N–H and O–H groups in total. The van der Waals surface area contributed by atoms with Gasteiger partial charge in [-0.15, -0.1) is 0 Å². The molecule has 0 amide bonds. The van der Waals surface area contributed by atoms with Crippen molar-refractivity contribution >= 4 is 17.9 Å². The molecule has 1 aliphatic rings. The van der Waals surface area contributed by atoms with Crippen LogP contribution in [0.15, 0.2) is 83.5 Å². The van der Waals surface area contributed by atoms with Gasteiger partial charge in [0.25, 0.3) is 0 Å². The molecule has 1 heterocycles. The molecular formula is C28H27NO6. The normalized spacial score (nSPS) is 13.9. The van der Waals surface area contributed by atoms with Gasteiger partial charge in [0.2, 0.25) is 5.90 Å². The van der Waals surface area contributed by atoms with Crippen LogP contribution in [0.25, 0.3) is 6.08 Å². The highest BCUT2D eigenvalue weighted by Gasteiger charge is 2.24. The van der Waals surface area contributed by atoms with E-state index in [9.17, 15) is 4.79 Å². The van der Waals surface area contributed by atoms with E-state index >= 15 is 0 Å². The van der Waals surface area contributed by atoms with E-state index in [4.69, 9.17) is 23.7 Å². The van der Waals surface area contributed by atoms with E-state index in [1.807, 2.05) is 67.6 Å². The van der Waals surface area contributed by atoms with Crippen LogP contribution in [0.5, 0.6) is 17.2 Å². The van der Waals surface area contributed by atoms with Crippen LogP contribution in [-0.2, 0) is 14.3 Å². The first-order chi connectivity index (χ1) is 17.1. The van der Waals surface area contributed by atoms with Crippen molar-refractivity contribution in [1.29, 1.82) is 0 Å². The molecule has 0 saturated heterocycles. The molecule has 0 fully saturated rings. The molecule has 3 aromatic rings. The predicted molar refractivity (Wildman–Crippen MR) is 133 cm³/mol. The molecule has 0 aromatic heterocycles. The number of esters is 1. The molecule has 0 unspecified atom stereocenters. The van der Waals surface area contributed by atoms with Gasteiger partial charge in [0.05, 0.1) is 20.3 Å². The Balaban J connectivity index is 1.27. The second-order valence-corrected chi connectivity index (χ2v) is 7.73. The highest BCUT2D eigenvalue weighted by molar-refractivity contribution is 6.12. The van der Waals surface area contributed by atoms with E-state index in [1.54, 1.807) is 25.3 Å². The summed E-state index contributed by atoms with van der Waals surface area (Å²) in [6.07, 6.45) is 1.65. The van der Waals surface area contributed by atoms with Gasteiger partial charge in [0, 0.05) is 5.56 Å². The standard InChI is InChI=1S/C28H27NO6/c1-20-8-11-23(12-9-20)33-16-14-32-15-17-34-25-13-10-21(19-26(25)31-2)18-24-28(30)35-27(29-24)22-6-4-3-5-7-22/h3-13,18-19H,14-17H2,1-2H3/b24-18-. The number of ether oxygens (including phenoxy) is 5. The Morgan fingerprint density at radius 3 is 2.34 bits per heavy atom. The van der Waals surface area contributed by atoms with Crippen LogP contribution in [0.3, 0.4) is 0 Å². The van der Waals surface area contributed by atoms with Crippen molar-refractivity contribution < 1.29 is 28.5 Å². The number of nitrogens with zero attached hydrogens (tertiary/aromatic N) is 1. The summed E-state index contributed by atoms with van der Waals surface area (Å²) in [6.45, 7) is 3.73. The van der Waals surface area contributed by atoms with Crippen LogP contribution >= 0.6 is 0 Å². The number of rotatable bonds is 11. The molecule has 35 heavy (non-hydrogen) atoms. The number of benzene rings is 3. The van der Waals surface area contributed by atoms with Gasteiger partial charge in [-0.25, -0.2) is 9.79 Å². The van der Waals surface area contributed by atoms with E-state index in [0.717, 1.165) is 16.9 Å². The molecule has 0 radical (unpaired) electrons. The van der Waals surface area contributed by atoms with Gasteiger partial charge in [0.15, 0.2) is 17.2 Å². The average molecular weight is 474 g/mol. The van der Waals surface area contributed by atoms with Crippen molar-refractivity contribution in [2.24, 2.45) is 4.99 Å². The van der Waals surface area contributed by atoms with E-state index in [2.05, 4.69) is 4.99 Å². The zero-order valence-corrected chi connectivity index (χ0v) is 19.7. The van der Waals surface area contributed by atoms with Crippen molar-refractivity contribution in [3.05, 3.63) is 95.2 Å². The highest BCUT2D eigenvalue weighted by Crippen LogP contribution is 2.29. The second kappa shape index (κ2) is 11.9. The Labute approximate surface area is 204 Å². The molecule has 0 bridgehead atoms. The molecule has 0 saturated carbocycles. The first kappa shape index (κ1) is 24.0. The Bertz CT molecular complexity index is 1200. The average Bonchev–Trinajstić information content (AvgIpc) is 3.25. The summed E-state index contributed by atoms with van der Waals surface area (Å²) in [5.74, 6) is 1.74. The van der Waals surface area contributed by atoms with E-state index in [0.29, 0.717) is 37.9 Å². The maximum atomic E-state index is 12.2. The lowest BCUT2D eigenvalue weighted by molar-refractivity contribution is -0.129. The van der Waals surface area contributed by atoms with Crippen molar-refractivity contribution in [3.8, 4) is 17.2 Å². The molecule has 7 heteroatoms. The van der Waals surface area contributed by atoms with Gasteiger partial charge >= 0.3 is 5.97 Å². The van der Waals surface area contributed by atoms with Gasteiger partial charge in [-0.1, -0.05) is 42.0 Å². The highest BCUT2D eigenvalue weighted by atomic mass is 16.6. The predicted octanol–water partition coefficient (Wildman–Crippen LogP) is 4.82. The smallest absolute Gasteiger partial charge is 0.363 e. The van der Waals surface area contributed by atoms with Crippen LogP contribution in [0.2, 0.25) is 0 Å². The van der Waals surface area contributed by atoms with Gasteiger partial charge in [0.1, 0.15) is 19.0 Å². The summed E-state index contributed by atoms with van der Waals surface area (Å²) in [6, 6.07) is 22.6. The largest absolute Gasteiger partial charge is 0.493 e. The third-order valence-corrected chi connectivity index (χ3v) is 5.13. The van der Waals surface area contributed by atoms with E-state index in [-0.39, 0.29) is 11.6 Å². The first-order valence-corrected chi connectivity index (χ1v) is 11.3. The van der Waals surface area contributed by atoms with Gasteiger partial charge in [-0.2, -0.15) is 0 Å². The maximum Gasteiger partial charge on any atom is 0.363 e. The summed E-state index contributed by atoms with van der Waals surface area (Å²) in [5, 5.41) is 0. The van der Waals surface area contributed by atoms with Crippen molar-refractivity contribution in [2.75, 3.05) is 33.5 Å². The van der Waals surface area contributed by atoms with Gasteiger partial charge in [-0.05, 0) is 55.0 Å². The topological polar surface area (TPSA) is 75.6 Å². The van der Waals surface area contributed by atoms with Gasteiger partial charge < -0.3 is 23.7 Å². The molecule has 1 aliphatic heterocycles. The minimum Gasteiger partial charge on any atom is -0.493 e. The maximum absolute atomic E-state index is 12.2. The van der Waals surface area contributed by atoms with Crippen LogP contribution < -0.4 is 14.2 Å². The number of aryl methyl sites for hydroxylation is 1. The van der Waals surface area contributed by atoms with Crippen LogP contribution in [0.4, 0.5) is 0 Å². The SMILES string of the molecule is COc1cc(/C=C2\N=C(c3ccccc3)OC2=O)ccc1OCCOCCOc1ccc(C)cc1. The minimum absolute atomic E-state index is 0.223. The molecule has 7 nitrogen and oxygen atoms in total. The molecule has 0 aliphatic carbocycles. The molecule has 4 rings (SSSR count). The summed E-state index contributed by atoms with van der Waals surface area (Å²) < 4.78 is 27.8. The fraction of sp³-hybridized carbons (Fsp3) is 0.214. The Hall–Kier alpha value is -4.10. The number of carbonyl (C=O) groups excluding carboxylic acids is 1. The zero-order chi connectivity index (χ0) is 24.5. The quantitative estimate of drug-likeness (QED) is 0.226. The van der Waals surface area contributed by atoms with Crippen molar-refractivity contribution in [2.45, 2.75) is 6.92 Å². The molecule has 180 valence electrons. The van der Waals surface area contributed by atoms with E-state index < -0.39 is 5.97 Å². The lowest BCUT2D eigenvalue weighted by Crippen LogP contribution is -2.12. The fourth-order valence-electron chi connectivity index (χ4n) is 3.33. The number of aliphatic imine (C=N–C) groups is 1. The molecule has 0 spiro atoms. The third kappa shape index (κ3) is 6.71. The molecule has 3 aromatic carbocycles. The Morgan fingerprint density at radius 1 is 0.857 bits per heavy atom. The lowest BCUT2D eigenvalue weighted by atomic mass is 10.1. The molecule has 0 atom stereocenters. The third-order valence-electron chi connectivity index (χ3n) is 5.13. The van der Waals surface area contributed by atoms with E-state index in [1.165, 1.54) is 5.56 Å². The monoisotopic (exact) mass is 473 g/mol. The van der Waals surface area contributed by atoms with Crippen LogP contribution in [0.1, 0.15) is 16.7 Å². The Morgan fingerprint density at radius 2 is 1.60 bits per heavy atom.